The number of hydrogen-bond donors (Lipinski definition) is 1. The molecule has 0 spiro atoms. The Balaban J connectivity index is 2.01. The van der Waals surface area contributed by atoms with Crippen molar-refractivity contribution in [2.75, 3.05) is 13.6 Å². The lowest BCUT2D eigenvalue weighted by molar-refractivity contribution is 0.470. The number of furan rings is 1. The van der Waals surface area contributed by atoms with Crippen LogP contribution >= 0.6 is 0 Å². The van der Waals surface area contributed by atoms with Crippen LogP contribution in [0.5, 0.6) is 0 Å². The second-order valence-corrected chi connectivity index (χ2v) is 4.59. The summed E-state index contributed by atoms with van der Waals surface area (Å²) in [5.41, 5.74) is 1.26. The first-order valence-electron chi connectivity index (χ1n) is 6.85. The molecule has 106 valence electrons. The molecule has 0 aliphatic carbocycles. The van der Waals surface area contributed by atoms with E-state index < -0.39 is 0 Å². The van der Waals surface area contributed by atoms with Crippen LogP contribution in [0.4, 0.5) is 0 Å². The van der Waals surface area contributed by atoms with E-state index in [2.05, 4.69) is 46.4 Å². The van der Waals surface area contributed by atoms with Crippen molar-refractivity contribution in [3.05, 3.63) is 60.1 Å². The van der Waals surface area contributed by atoms with Gasteiger partial charge >= 0.3 is 0 Å². The van der Waals surface area contributed by atoms with E-state index in [0.29, 0.717) is 6.54 Å². The molecule has 1 aromatic heterocycles. The lowest BCUT2D eigenvalue weighted by atomic mass is 10.2. The smallest absolute Gasteiger partial charge is 0.194 e. The fourth-order valence-corrected chi connectivity index (χ4v) is 1.96. The summed E-state index contributed by atoms with van der Waals surface area (Å²) in [6.07, 6.45) is 1.67. The van der Waals surface area contributed by atoms with E-state index in [9.17, 15) is 0 Å². The average molecular weight is 271 g/mol. The molecule has 0 saturated carbocycles. The molecule has 4 heteroatoms. The van der Waals surface area contributed by atoms with Crippen molar-refractivity contribution in [1.29, 1.82) is 0 Å². The normalized spacial score (nSPS) is 11.4. The van der Waals surface area contributed by atoms with Crippen LogP contribution in [0, 0.1) is 0 Å². The number of nitrogens with one attached hydrogen (secondary N) is 1. The van der Waals surface area contributed by atoms with Crippen molar-refractivity contribution < 1.29 is 4.42 Å². The summed E-state index contributed by atoms with van der Waals surface area (Å²) in [5.74, 6) is 1.75. The summed E-state index contributed by atoms with van der Waals surface area (Å²) < 4.78 is 5.31. The maximum absolute atomic E-state index is 5.31. The largest absolute Gasteiger partial charge is 0.467 e. The maximum atomic E-state index is 5.31. The van der Waals surface area contributed by atoms with Crippen molar-refractivity contribution in [3.63, 3.8) is 0 Å². The van der Waals surface area contributed by atoms with E-state index in [1.54, 1.807) is 6.26 Å². The van der Waals surface area contributed by atoms with E-state index in [1.807, 2.05) is 25.2 Å². The first-order chi connectivity index (χ1) is 9.79. The van der Waals surface area contributed by atoms with Crippen LogP contribution in [-0.4, -0.2) is 24.5 Å². The van der Waals surface area contributed by atoms with Crippen LogP contribution in [0.1, 0.15) is 18.2 Å². The second-order valence-electron chi connectivity index (χ2n) is 4.59. The van der Waals surface area contributed by atoms with Crippen LogP contribution in [0.25, 0.3) is 0 Å². The monoisotopic (exact) mass is 271 g/mol. The number of guanidine groups is 1. The van der Waals surface area contributed by atoms with Gasteiger partial charge in [0.25, 0.3) is 0 Å². The van der Waals surface area contributed by atoms with Gasteiger partial charge in [-0.2, -0.15) is 0 Å². The zero-order valence-corrected chi connectivity index (χ0v) is 12.0. The molecule has 1 heterocycles. The number of aliphatic imine (C=N–C) groups is 1. The number of benzene rings is 1. The summed E-state index contributed by atoms with van der Waals surface area (Å²) in [5, 5.41) is 3.30. The molecule has 1 N–H and O–H groups in total. The van der Waals surface area contributed by atoms with Crippen molar-refractivity contribution >= 4 is 5.96 Å². The van der Waals surface area contributed by atoms with E-state index in [0.717, 1.165) is 24.8 Å². The van der Waals surface area contributed by atoms with Crippen LogP contribution in [-0.2, 0) is 13.1 Å². The predicted octanol–water partition coefficient (Wildman–Crippen LogP) is 2.88. The molecule has 0 aliphatic rings. The molecule has 0 amide bonds. The van der Waals surface area contributed by atoms with E-state index in [4.69, 9.17) is 4.42 Å². The standard InChI is InChI=1S/C16H21N3O/c1-3-17-16(18-12-15-10-7-11-20-15)19(2)13-14-8-5-4-6-9-14/h4-11H,3,12-13H2,1-2H3,(H,17,18). The zero-order valence-electron chi connectivity index (χ0n) is 12.0. The molecule has 2 rings (SSSR count). The van der Waals surface area contributed by atoms with Crippen LogP contribution < -0.4 is 5.32 Å². The van der Waals surface area contributed by atoms with Gasteiger partial charge < -0.3 is 14.6 Å². The second kappa shape index (κ2) is 7.38. The third kappa shape index (κ3) is 4.16. The van der Waals surface area contributed by atoms with E-state index in [-0.39, 0.29) is 0 Å². The van der Waals surface area contributed by atoms with Crippen LogP contribution in [0.15, 0.2) is 58.1 Å². The van der Waals surface area contributed by atoms with Gasteiger partial charge in [0.15, 0.2) is 5.96 Å². The Morgan fingerprint density at radius 1 is 1.20 bits per heavy atom. The Morgan fingerprint density at radius 3 is 2.65 bits per heavy atom. The highest BCUT2D eigenvalue weighted by Gasteiger charge is 2.06. The van der Waals surface area contributed by atoms with Gasteiger partial charge in [-0.15, -0.1) is 0 Å². The summed E-state index contributed by atoms with van der Waals surface area (Å²) >= 11 is 0. The van der Waals surface area contributed by atoms with Crippen molar-refractivity contribution in [2.45, 2.75) is 20.0 Å². The average Bonchev–Trinajstić information content (AvgIpc) is 2.97. The Labute approximate surface area is 120 Å². The summed E-state index contributed by atoms with van der Waals surface area (Å²) in [4.78, 5) is 6.70. The SMILES string of the molecule is CCNC(=NCc1ccco1)N(C)Cc1ccccc1. The van der Waals surface area contributed by atoms with E-state index in [1.165, 1.54) is 5.56 Å². The Kier molecular flexibility index (Phi) is 5.24. The topological polar surface area (TPSA) is 40.8 Å². The van der Waals surface area contributed by atoms with Gasteiger partial charge in [0, 0.05) is 20.1 Å². The molecule has 0 fully saturated rings. The Morgan fingerprint density at radius 2 is 2.00 bits per heavy atom. The molecule has 4 nitrogen and oxygen atoms in total. The number of hydrogen-bond acceptors (Lipinski definition) is 2. The molecule has 0 unspecified atom stereocenters. The first-order valence-corrected chi connectivity index (χ1v) is 6.85. The molecule has 2 aromatic rings. The van der Waals surface area contributed by atoms with Gasteiger partial charge in [-0.3, -0.25) is 0 Å². The minimum atomic E-state index is 0.550. The highest BCUT2D eigenvalue weighted by atomic mass is 16.3. The molecule has 0 bridgehead atoms. The van der Waals surface area contributed by atoms with Crippen molar-refractivity contribution in [2.24, 2.45) is 4.99 Å². The summed E-state index contributed by atoms with van der Waals surface area (Å²) in [6, 6.07) is 14.2. The fourth-order valence-electron chi connectivity index (χ4n) is 1.96. The zero-order chi connectivity index (χ0) is 14.2. The number of rotatable bonds is 5. The van der Waals surface area contributed by atoms with Gasteiger partial charge in [-0.05, 0) is 24.6 Å². The molecule has 0 atom stereocenters. The van der Waals surface area contributed by atoms with Gasteiger partial charge in [0.05, 0.1) is 6.26 Å². The Hall–Kier alpha value is -2.23. The van der Waals surface area contributed by atoms with Gasteiger partial charge in [-0.1, -0.05) is 30.3 Å². The molecule has 1 aromatic carbocycles. The third-order valence-electron chi connectivity index (χ3n) is 2.92. The molecular formula is C16H21N3O. The summed E-state index contributed by atoms with van der Waals surface area (Å²) in [7, 11) is 2.04. The minimum absolute atomic E-state index is 0.550. The first kappa shape index (κ1) is 14.2. The highest BCUT2D eigenvalue weighted by Crippen LogP contribution is 2.05. The molecule has 20 heavy (non-hydrogen) atoms. The quantitative estimate of drug-likeness (QED) is 0.671. The summed E-state index contributed by atoms with van der Waals surface area (Å²) in [6.45, 7) is 4.29. The minimum Gasteiger partial charge on any atom is -0.467 e. The van der Waals surface area contributed by atoms with Crippen LogP contribution in [0.3, 0.4) is 0 Å². The van der Waals surface area contributed by atoms with E-state index >= 15 is 0 Å². The van der Waals surface area contributed by atoms with Gasteiger partial charge in [0.2, 0.25) is 0 Å². The maximum Gasteiger partial charge on any atom is 0.194 e. The molecule has 0 aliphatic heterocycles. The lowest BCUT2D eigenvalue weighted by Crippen LogP contribution is -2.38. The fraction of sp³-hybridized carbons (Fsp3) is 0.312. The predicted molar refractivity (Wildman–Crippen MR) is 81.4 cm³/mol. The van der Waals surface area contributed by atoms with Crippen LogP contribution in [0.2, 0.25) is 0 Å². The third-order valence-corrected chi connectivity index (χ3v) is 2.92. The van der Waals surface area contributed by atoms with Crippen molar-refractivity contribution in [1.82, 2.24) is 10.2 Å². The van der Waals surface area contributed by atoms with Gasteiger partial charge in [0.1, 0.15) is 12.3 Å². The lowest BCUT2D eigenvalue weighted by Gasteiger charge is -2.22. The molecule has 0 radical (unpaired) electrons. The van der Waals surface area contributed by atoms with Crippen molar-refractivity contribution in [3.8, 4) is 0 Å². The van der Waals surface area contributed by atoms with Gasteiger partial charge in [-0.25, -0.2) is 4.99 Å². The Bertz CT molecular complexity index is 520. The highest BCUT2D eigenvalue weighted by molar-refractivity contribution is 5.79. The number of nitrogens with zero attached hydrogens (tertiary/aromatic N) is 2. The molecular weight excluding hydrogens is 250 g/mol. The molecule has 0 saturated heterocycles.